The molecule has 1 aliphatic heterocycles. The van der Waals surface area contributed by atoms with Crippen LogP contribution in [0.25, 0.3) is 5.65 Å². The van der Waals surface area contributed by atoms with Crippen LogP contribution in [0.15, 0.2) is 41.4 Å². The number of aromatic nitrogens is 4. The second-order valence-corrected chi connectivity index (χ2v) is 7.09. The maximum atomic E-state index is 4.57. The molecule has 0 saturated carbocycles. The van der Waals surface area contributed by atoms with Crippen molar-refractivity contribution in [3.63, 3.8) is 0 Å². The molecule has 1 aliphatic rings. The van der Waals surface area contributed by atoms with E-state index in [1.54, 1.807) is 0 Å². The summed E-state index contributed by atoms with van der Waals surface area (Å²) in [4.78, 5) is 15.9. The van der Waals surface area contributed by atoms with E-state index in [1.165, 1.54) is 11.3 Å². The average Bonchev–Trinajstić information content (AvgIpc) is 3.07. The van der Waals surface area contributed by atoms with Gasteiger partial charge in [-0.2, -0.15) is 0 Å². The molecule has 0 bridgehead atoms. The topological polar surface area (TPSA) is 46.3 Å². The van der Waals surface area contributed by atoms with E-state index in [4.69, 9.17) is 0 Å². The third kappa shape index (κ3) is 2.79. The van der Waals surface area contributed by atoms with E-state index in [1.807, 2.05) is 24.7 Å². The molecule has 0 N–H and O–H groups in total. The van der Waals surface area contributed by atoms with Crippen LogP contribution in [-0.4, -0.2) is 32.4 Å². The van der Waals surface area contributed by atoms with Crippen LogP contribution in [0.1, 0.15) is 36.9 Å². The van der Waals surface area contributed by atoms with Gasteiger partial charge in [0, 0.05) is 49.5 Å². The molecule has 3 aromatic rings. The summed E-state index contributed by atoms with van der Waals surface area (Å²) in [6, 6.07) is 4.09. The van der Waals surface area contributed by atoms with Crippen molar-refractivity contribution >= 4 is 27.5 Å². The van der Waals surface area contributed by atoms with Crippen LogP contribution in [0.4, 0.5) is 5.95 Å². The summed E-state index contributed by atoms with van der Waals surface area (Å²) in [7, 11) is 0. The van der Waals surface area contributed by atoms with Crippen molar-refractivity contribution in [2.45, 2.75) is 32.1 Å². The van der Waals surface area contributed by atoms with Crippen molar-refractivity contribution in [1.29, 1.82) is 0 Å². The Morgan fingerprint density at radius 1 is 1.12 bits per heavy atom. The quantitative estimate of drug-likeness (QED) is 0.687. The molecule has 6 heteroatoms. The van der Waals surface area contributed by atoms with Crippen LogP contribution >= 0.6 is 15.9 Å². The minimum atomic E-state index is 0.528. The molecule has 1 saturated heterocycles. The van der Waals surface area contributed by atoms with Gasteiger partial charge in [-0.1, -0.05) is 6.92 Å². The second-order valence-electron chi connectivity index (χ2n) is 6.24. The number of rotatable bonds is 3. The smallest absolute Gasteiger partial charge is 0.225 e. The van der Waals surface area contributed by atoms with Gasteiger partial charge in [-0.25, -0.2) is 15.0 Å². The van der Waals surface area contributed by atoms with E-state index >= 15 is 0 Å². The number of hydrogen-bond acceptors (Lipinski definition) is 4. The lowest BCUT2D eigenvalue weighted by Gasteiger charge is -2.31. The molecule has 0 amide bonds. The minimum Gasteiger partial charge on any atom is -0.341 e. The monoisotopic (exact) mass is 385 g/mol. The van der Waals surface area contributed by atoms with Crippen LogP contribution in [0, 0.1) is 0 Å². The van der Waals surface area contributed by atoms with Crippen molar-refractivity contribution < 1.29 is 0 Å². The van der Waals surface area contributed by atoms with Gasteiger partial charge in [0.05, 0.1) is 4.47 Å². The summed E-state index contributed by atoms with van der Waals surface area (Å²) in [5, 5.41) is 0. The minimum absolute atomic E-state index is 0.528. The number of nitrogens with zero attached hydrogens (tertiary/aromatic N) is 5. The Morgan fingerprint density at radius 2 is 1.88 bits per heavy atom. The number of halogens is 1. The van der Waals surface area contributed by atoms with Crippen molar-refractivity contribution in [2.24, 2.45) is 0 Å². The van der Waals surface area contributed by atoms with Gasteiger partial charge in [0.25, 0.3) is 0 Å². The first kappa shape index (κ1) is 15.6. The molecule has 124 valence electrons. The zero-order chi connectivity index (χ0) is 16.5. The normalized spacial score (nSPS) is 16.0. The Labute approximate surface area is 149 Å². The number of imidazole rings is 1. The van der Waals surface area contributed by atoms with Gasteiger partial charge >= 0.3 is 0 Å². The first-order valence-electron chi connectivity index (χ1n) is 8.43. The van der Waals surface area contributed by atoms with E-state index in [0.29, 0.717) is 5.92 Å². The molecule has 0 aromatic carbocycles. The third-order valence-corrected chi connectivity index (χ3v) is 5.43. The molecule has 0 unspecified atom stereocenters. The van der Waals surface area contributed by atoms with Gasteiger partial charge in [-0.05, 0) is 52.9 Å². The lowest BCUT2D eigenvalue weighted by atomic mass is 9.94. The standard InChI is InChI=1S/C18H20BrN5/c1-2-13-10-21-18(22-11-13)23-8-5-14(6-9-23)16-12-20-17-15(19)4-3-7-24(16)17/h3-4,7,10-12,14H,2,5-6,8-9H2,1H3. The average molecular weight is 386 g/mol. The predicted octanol–water partition coefficient (Wildman–Crippen LogP) is 3.83. The number of pyridine rings is 1. The maximum Gasteiger partial charge on any atom is 0.225 e. The van der Waals surface area contributed by atoms with E-state index in [-0.39, 0.29) is 0 Å². The number of aryl methyl sites for hydroxylation is 1. The van der Waals surface area contributed by atoms with Gasteiger partial charge in [0.15, 0.2) is 5.65 Å². The number of hydrogen-bond donors (Lipinski definition) is 0. The lowest BCUT2D eigenvalue weighted by molar-refractivity contribution is 0.488. The molecule has 5 nitrogen and oxygen atoms in total. The van der Waals surface area contributed by atoms with Crippen molar-refractivity contribution in [2.75, 3.05) is 18.0 Å². The molecule has 24 heavy (non-hydrogen) atoms. The van der Waals surface area contributed by atoms with Gasteiger partial charge in [0.2, 0.25) is 5.95 Å². The zero-order valence-corrected chi connectivity index (χ0v) is 15.3. The van der Waals surface area contributed by atoms with Crippen molar-refractivity contribution in [3.05, 3.63) is 52.7 Å². The summed E-state index contributed by atoms with van der Waals surface area (Å²) in [5.41, 5.74) is 3.48. The number of piperidine rings is 1. The molecular weight excluding hydrogens is 366 g/mol. The Morgan fingerprint density at radius 3 is 2.58 bits per heavy atom. The van der Waals surface area contributed by atoms with Gasteiger partial charge in [-0.3, -0.25) is 0 Å². The largest absolute Gasteiger partial charge is 0.341 e. The fraction of sp³-hybridized carbons (Fsp3) is 0.389. The summed E-state index contributed by atoms with van der Waals surface area (Å²) >= 11 is 3.58. The van der Waals surface area contributed by atoms with Crippen LogP contribution in [-0.2, 0) is 6.42 Å². The SMILES string of the molecule is CCc1cnc(N2CCC(c3cnc4c(Br)cccn34)CC2)nc1. The highest BCUT2D eigenvalue weighted by Crippen LogP contribution is 2.31. The fourth-order valence-electron chi connectivity index (χ4n) is 3.37. The molecule has 0 atom stereocenters. The molecule has 0 radical (unpaired) electrons. The van der Waals surface area contributed by atoms with Crippen LogP contribution in [0.5, 0.6) is 0 Å². The zero-order valence-electron chi connectivity index (χ0n) is 13.7. The molecule has 4 heterocycles. The number of fused-ring (bicyclic) bond motifs is 1. The van der Waals surface area contributed by atoms with Crippen LogP contribution in [0.2, 0.25) is 0 Å². The molecule has 1 fully saturated rings. The summed E-state index contributed by atoms with van der Waals surface area (Å²) < 4.78 is 3.25. The van der Waals surface area contributed by atoms with Crippen LogP contribution < -0.4 is 4.90 Å². The molecule has 0 aliphatic carbocycles. The highest BCUT2D eigenvalue weighted by atomic mass is 79.9. The van der Waals surface area contributed by atoms with Crippen molar-refractivity contribution in [1.82, 2.24) is 19.4 Å². The Bertz CT molecular complexity index is 834. The Hall–Kier alpha value is -1.95. The molecule has 0 spiro atoms. The summed E-state index contributed by atoms with van der Waals surface area (Å²) in [6.07, 6.45) is 11.2. The molecular formula is C18H20BrN5. The maximum absolute atomic E-state index is 4.57. The van der Waals surface area contributed by atoms with E-state index in [0.717, 1.165) is 48.4 Å². The Balaban J connectivity index is 1.50. The fourth-order valence-corrected chi connectivity index (χ4v) is 3.81. The predicted molar refractivity (Wildman–Crippen MR) is 98.5 cm³/mol. The second kappa shape index (κ2) is 6.51. The number of anilines is 1. The highest BCUT2D eigenvalue weighted by molar-refractivity contribution is 9.10. The van der Waals surface area contributed by atoms with Crippen molar-refractivity contribution in [3.8, 4) is 0 Å². The first-order chi connectivity index (χ1) is 11.8. The highest BCUT2D eigenvalue weighted by Gasteiger charge is 2.24. The Kier molecular flexibility index (Phi) is 4.22. The molecule has 4 rings (SSSR count). The molecule has 3 aromatic heterocycles. The van der Waals surface area contributed by atoms with E-state index < -0.39 is 0 Å². The third-order valence-electron chi connectivity index (χ3n) is 4.81. The van der Waals surface area contributed by atoms with Gasteiger partial charge < -0.3 is 9.30 Å². The van der Waals surface area contributed by atoms with Gasteiger partial charge in [0.1, 0.15) is 0 Å². The summed E-state index contributed by atoms with van der Waals surface area (Å²) in [5.74, 6) is 1.38. The van der Waals surface area contributed by atoms with E-state index in [2.05, 4.69) is 59.4 Å². The van der Waals surface area contributed by atoms with Gasteiger partial charge in [-0.15, -0.1) is 0 Å². The van der Waals surface area contributed by atoms with Crippen LogP contribution in [0.3, 0.4) is 0 Å². The lowest BCUT2D eigenvalue weighted by Crippen LogP contribution is -2.34. The van der Waals surface area contributed by atoms with E-state index in [9.17, 15) is 0 Å². The first-order valence-corrected chi connectivity index (χ1v) is 9.23. The summed E-state index contributed by atoms with van der Waals surface area (Å²) in [6.45, 7) is 4.09.